The van der Waals surface area contributed by atoms with E-state index >= 15 is 0 Å². The molecule has 1 N–H and O–H groups in total. The summed E-state index contributed by atoms with van der Waals surface area (Å²) in [4.78, 5) is 5.92. The smallest absolute Gasteiger partial charge is 0.373 e. The Bertz CT molecular complexity index is 390. The molecule has 0 saturated carbocycles. The highest BCUT2D eigenvalue weighted by atomic mass is 19.4. The minimum absolute atomic E-state index is 0.0606. The zero-order valence-corrected chi connectivity index (χ0v) is 12.2. The van der Waals surface area contributed by atoms with Gasteiger partial charge in [0.15, 0.2) is 0 Å². The zero-order chi connectivity index (χ0) is 15.2. The fourth-order valence-electron chi connectivity index (χ4n) is 1.96. The number of halogens is 3. The van der Waals surface area contributed by atoms with E-state index in [1.165, 1.54) is 0 Å². The van der Waals surface area contributed by atoms with Crippen molar-refractivity contribution in [3.8, 4) is 0 Å². The summed E-state index contributed by atoms with van der Waals surface area (Å²) < 4.78 is 36.5. The quantitative estimate of drug-likeness (QED) is 0.832. The summed E-state index contributed by atoms with van der Waals surface area (Å²) >= 11 is 0. The van der Waals surface area contributed by atoms with Gasteiger partial charge in [-0.2, -0.15) is 13.2 Å². The lowest BCUT2D eigenvalue weighted by atomic mass is 10.1. The summed E-state index contributed by atoms with van der Waals surface area (Å²) in [7, 11) is 1.64. The summed E-state index contributed by atoms with van der Waals surface area (Å²) in [6, 6.07) is 3.88. The van der Waals surface area contributed by atoms with Gasteiger partial charge in [-0.15, -0.1) is 0 Å². The van der Waals surface area contributed by atoms with Gasteiger partial charge in [0.25, 0.3) is 0 Å². The maximum Gasteiger partial charge on any atom is 0.390 e. The second-order valence-corrected chi connectivity index (χ2v) is 4.75. The number of anilines is 1. The van der Waals surface area contributed by atoms with E-state index in [1.807, 2.05) is 19.1 Å². The van der Waals surface area contributed by atoms with E-state index in [-0.39, 0.29) is 12.6 Å². The lowest BCUT2D eigenvalue weighted by molar-refractivity contribution is -0.132. The van der Waals surface area contributed by atoms with Gasteiger partial charge < -0.3 is 10.2 Å². The molecular formula is C14H22F3N3. The lowest BCUT2D eigenvalue weighted by Gasteiger charge is -2.21. The van der Waals surface area contributed by atoms with Crippen molar-refractivity contribution in [2.75, 3.05) is 25.0 Å². The highest BCUT2D eigenvalue weighted by Gasteiger charge is 2.27. The molecular weight excluding hydrogens is 267 g/mol. The first-order valence-electron chi connectivity index (χ1n) is 6.84. The third-order valence-electron chi connectivity index (χ3n) is 3.16. The molecule has 0 saturated heterocycles. The molecule has 0 bridgehead atoms. The number of nitrogens with zero attached hydrogens (tertiary/aromatic N) is 2. The van der Waals surface area contributed by atoms with Crippen LogP contribution in [0, 0.1) is 0 Å². The SMILES string of the molecule is CCNC(CC)c1ccc(N(C)CCC(F)(F)F)cn1. The van der Waals surface area contributed by atoms with Crippen molar-refractivity contribution < 1.29 is 13.2 Å². The molecule has 6 heteroatoms. The Morgan fingerprint density at radius 2 is 2.00 bits per heavy atom. The topological polar surface area (TPSA) is 28.2 Å². The van der Waals surface area contributed by atoms with Crippen LogP contribution in [0.1, 0.15) is 38.4 Å². The normalized spacial score (nSPS) is 13.3. The summed E-state index contributed by atoms with van der Waals surface area (Å²) in [5.41, 5.74) is 1.62. The summed E-state index contributed by atoms with van der Waals surface area (Å²) in [6.45, 7) is 4.89. The number of nitrogens with one attached hydrogen (secondary N) is 1. The second kappa shape index (κ2) is 7.47. The summed E-state index contributed by atoms with van der Waals surface area (Å²) in [6.07, 6.45) is -2.39. The van der Waals surface area contributed by atoms with Crippen LogP contribution in [0.2, 0.25) is 0 Å². The minimum Gasteiger partial charge on any atom is -0.373 e. The van der Waals surface area contributed by atoms with Crippen molar-refractivity contribution in [1.82, 2.24) is 10.3 Å². The molecule has 0 fully saturated rings. The Kier molecular flexibility index (Phi) is 6.26. The van der Waals surface area contributed by atoms with Crippen LogP contribution in [-0.2, 0) is 0 Å². The van der Waals surface area contributed by atoms with Gasteiger partial charge in [-0.3, -0.25) is 4.98 Å². The number of alkyl halides is 3. The molecule has 1 heterocycles. The maximum atomic E-state index is 12.2. The van der Waals surface area contributed by atoms with Crippen LogP contribution >= 0.6 is 0 Å². The molecule has 1 rings (SSSR count). The molecule has 1 aromatic rings. The first-order chi connectivity index (χ1) is 9.37. The zero-order valence-electron chi connectivity index (χ0n) is 12.2. The van der Waals surface area contributed by atoms with Crippen LogP contribution in [0.25, 0.3) is 0 Å². The summed E-state index contributed by atoms with van der Waals surface area (Å²) in [5, 5.41) is 3.32. The second-order valence-electron chi connectivity index (χ2n) is 4.75. The average Bonchev–Trinajstić information content (AvgIpc) is 2.41. The molecule has 0 aromatic carbocycles. The van der Waals surface area contributed by atoms with Crippen LogP contribution in [0.15, 0.2) is 18.3 Å². The predicted octanol–water partition coefficient (Wildman–Crippen LogP) is 3.53. The van der Waals surface area contributed by atoms with Gasteiger partial charge in [0.1, 0.15) is 0 Å². The molecule has 1 unspecified atom stereocenters. The Morgan fingerprint density at radius 1 is 1.30 bits per heavy atom. The maximum absolute atomic E-state index is 12.2. The highest BCUT2D eigenvalue weighted by molar-refractivity contribution is 5.43. The molecule has 1 atom stereocenters. The largest absolute Gasteiger partial charge is 0.390 e. The van der Waals surface area contributed by atoms with Crippen LogP contribution in [-0.4, -0.2) is 31.3 Å². The molecule has 20 heavy (non-hydrogen) atoms. The third kappa shape index (κ3) is 5.36. The van der Waals surface area contributed by atoms with Crippen LogP contribution in [0.5, 0.6) is 0 Å². The van der Waals surface area contributed by atoms with Crippen molar-refractivity contribution >= 4 is 5.69 Å². The third-order valence-corrected chi connectivity index (χ3v) is 3.16. The van der Waals surface area contributed by atoms with E-state index in [9.17, 15) is 13.2 Å². The van der Waals surface area contributed by atoms with E-state index in [0.717, 1.165) is 18.7 Å². The van der Waals surface area contributed by atoms with Crippen molar-refractivity contribution in [3.63, 3.8) is 0 Å². The molecule has 0 radical (unpaired) electrons. The number of pyridine rings is 1. The molecule has 0 amide bonds. The van der Waals surface area contributed by atoms with E-state index in [4.69, 9.17) is 0 Å². The van der Waals surface area contributed by atoms with E-state index in [1.54, 1.807) is 18.1 Å². The van der Waals surface area contributed by atoms with Gasteiger partial charge in [-0.1, -0.05) is 13.8 Å². The van der Waals surface area contributed by atoms with Crippen LogP contribution in [0.3, 0.4) is 0 Å². The number of hydrogen-bond donors (Lipinski definition) is 1. The van der Waals surface area contributed by atoms with Gasteiger partial charge in [0.2, 0.25) is 0 Å². The van der Waals surface area contributed by atoms with Gasteiger partial charge in [-0.25, -0.2) is 0 Å². The monoisotopic (exact) mass is 289 g/mol. The van der Waals surface area contributed by atoms with Gasteiger partial charge in [0, 0.05) is 19.6 Å². The molecule has 3 nitrogen and oxygen atoms in total. The number of hydrogen-bond acceptors (Lipinski definition) is 3. The Balaban J connectivity index is 2.65. The first kappa shape index (κ1) is 16.8. The minimum atomic E-state index is -4.13. The molecule has 1 aromatic heterocycles. The lowest BCUT2D eigenvalue weighted by Crippen LogP contribution is -2.24. The van der Waals surface area contributed by atoms with Crippen LogP contribution in [0.4, 0.5) is 18.9 Å². The van der Waals surface area contributed by atoms with Gasteiger partial charge in [-0.05, 0) is 25.1 Å². The highest BCUT2D eigenvalue weighted by Crippen LogP contribution is 2.22. The van der Waals surface area contributed by atoms with Gasteiger partial charge >= 0.3 is 6.18 Å². The standard InChI is InChI=1S/C14H22F3N3/c1-4-12(18-5-2)13-7-6-11(10-19-13)20(3)9-8-14(15,16)17/h6-7,10,12,18H,4-5,8-9H2,1-3H3. The van der Waals surface area contributed by atoms with E-state index in [0.29, 0.717) is 5.69 Å². The Morgan fingerprint density at radius 3 is 2.45 bits per heavy atom. The Hall–Kier alpha value is -1.30. The summed E-state index contributed by atoms with van der Waals surface area (Å²) in [5.74, 6) is 0. The fraction of sp³-hybridized carbons (Fsp3) is 0.643. The molecule has 0 aliphatic heterocycles. The molecule has 0 aliphatic carbocycles. The average molecular weight is 289 g/mol. The van der Waals surface area contributed by atoms with Crippen molar-refractivity contribution in [1.29, 1.82) is 0 Å². The fourth-order valence-corrected chi connectivity index (χ4v) is 1.96. The van der Waals surface area contributed by atoms with Crippen molar-refractivity contribution in [3.05, 3.63) is 24.0 Å². The van der Waals surface area contributed by atoms with Crippen molar-refractivity contribution in [2.24, 2.45) is 0 Å². The number of aromatic nitrogens is 1. The van der Waals surface area contributed by atoms with Gasteiger partial charge in [0.05, 0.1) is 24.0 Å². The van der Waals surface area contributed by atoms with Crippen LogP contribution < -0.4 is 10.2 Å². The number of rotatable bonds is 7. The molecule has 0 aliphatic rings. The first-order valence-corrected chi connectivity index (χ1v) is 6.84. The molecule has 0 spiro atoms. The van der Waals surface area contributed by atoms with E-state index < -0.39 is 12.6 Å². The molecule has 114 valence electrons. The van der Waals surface area contributed by atoms with Crippen molar-refractivity contribution in [2.45, 2.75) is 38.9 Å². The van der Waals surface area contributed by atoms with E-state index in [2.05, 4.69) is 17.2 Å². The predicted molar refractivity (Wildman–Crippen MR) is 74.9 cm³/mol. The Labute approximate surface area is 118 Å².